The molecule has 0 aliphatic carbocycles. The van der Waals surface area contributed by atoms with Crippen molar-refractivity contribution in [1.29, 1.82) is 5.26 Å². The fourth-order valence-corrected chi connectivity index (χ4v) is 2.02. The molecule has 0 saturated carbocycles. The van der Waals surface area contributed by atoms with Crippen molar-refractivity contribution in [2.45, 2.75) is 25.9 Å². The van der Waals surface area contributed by atoms with Gasteiger partial charge in [0.2, 0.25) is 0 Å². The molecule has 1 unspecified atom stereocenters. The average molecular weight is 210 g/mol. The zero-order chi connectivity index (χ0) is 10.6. The summed E-state index contributed by atoms with van der Waals surface area (Å²) in [5.74, 6) is 0. The number of nitrogens with one attached hydrogen (secondary N) is 1. The summed E-state index contributed by atoms with van der Waals surface area (Å²) in [4.78, 5) is 1.85. The first-order valence-corrected chi connectivity index (χ1v) is 5.35. The number of aliphatic hydroxyl groups is 1. The topological polar surface area (TPSA) is 56.0 Å². The number of hydrogen-bond acceptors (Lipinski definition) is 4. The van der Waals surface area contributed by atoms with Gasteiger partial charge >= 0.3 is 0 Å². The minimum atomic E-state index is 0.0811. The van der Waals surface area contributed by atoms with Gasteiger partial charge in [-0.1, -0.05) is 0 Å². The lowest BCUT2D eigenvalue weighted by atomic mass is 10.2. The van der Waals surface area contributed by atoms with Crippen molar-refractivity contribution in [3.05, 3.63) is 21.9 Å². The van der Waals surface area contributed by atoms with Gasteiger partial charge in [-0.25, -0.2) is 0 Å². The molecule has 4 heteroatoms. The number of nitrogens with zero attached hydrogens (tertiary/aromatic N) is 1. The van der Waals surface area contributed by atoms with E-state index in [1.54, 1.807) is 0 Å². The van der Waals surface area contributed by atoms with E-state index >= 15 is 0 Å². The smallest absolute Gasteiger partial charge is 0.110 e. The fourth-order valence-electron chi connectivity index (χ4n) is 1.21. The molecule has 2 N–H and O–H groups in total. The highest BCUT2D eigenvalue weighted by atomic mass is 32.1. The summed E-state index contributed by atoms with van der Waals surface area (Å²) in [6.07, 6.45) is 0. The van der Waals surface area contributed by atoms with Gasteiger partial charge in [0.25, 0.3) is 0 Å². The average Bonchev–Trinajstić information content (AvgIpc) is 2.65. The molecule has 14 heavy (non-hydrogen) atoms. The zero-order valence-corrected chi connectivity index (χ0v) is 9.14. The van der Waals surface area contributed by atoms with Crippen LogP contribution in [-0.4, -0.2) is 17.8 Å². The molecule has 0 amide bonds. The first-order chi connectivity index (χ1) is 6.67. The van der Waals surface area contributed by atoms with Crippen LogP contribution in [0.4, 0.5) is 0 Å². The predicted molar refractivity (Wildman–Crippen MR) is 57.1 cm³/mol. The van der Waals surface area contributed by atoms with Crippen molar-refractivity contribution in [3.8, 4) is 6.07 Å². The molecule has 3 nitrogen and oxygen atoms in total. The van der Waals surface area contributed by atoms with E-state index in [1.165, 1.54) is 11.3 Å². The van der Waals surface area contributed by atoms with Gasteiger partial charge in [0.15, 0.2) is 0 Å². The van der Waals surface area contributed by atoms with Gasteiger partial charge in [-0.05, 0) is 26.0 Å². The van der Waals surface area contributed by atoms with Crippen LogP contribution < -0.4 is 5.32 Å². The Balaban J connectivity index is 2.61. The maximum atomic E-state index is 8.87. The van der Waals surface area contributed by atoms with Crippen molar-refractivity contribution in [1.82, 2.24) is 5.32 Å². The Kier molecular flexibility index (Phi) is 4.08. The second-order valence-corrected chi connectivity index (χ2v) is 4.40. The summed E-state index contributed by atoms with van der Waals surface area (Å²) < 4.78 is 0. The fraction of sp³-hybridized carbons (Fsp3) is 0.500. The second-order valence-electron chi connectivity index (χ2n) is 3.29. The lowest BCUT2D eigenvalue weighted by Gasteiger charge is -2.16. The molecule has 0 aromatic carbocycles. The largest absolute Gasteiger partial charge is 0.395 e. The third-order valence-electron chi connectivity index (χ3n) is 1.97. The van der Waals surface area contributed by atoms with E-state index in [0.717, 1.165) is 9.75 Å². The molecule has 1 rings (SSSR count). The van der Waals surface area contributed by atoms with Gasteiger partial charge < -0.3 is 10.4 Å². The summed E-state index contributed by atoms with van der Waals surface area (Å²) in [7, 11) is 0. The van der Waals surface area contributed by atoms with Crippen LogP contribution in [0.1, 0.15) is 29.6 Å². The number of nitriles is 1. The van der Waals surface area contributed by atoms with Crippen LogP contribution in [-0.2, 0) is 0 Å². The van der Waals surface area contributed by atoms with Crippen molar-refractivity contribution < 1.29 is 5.11 Å². The first kappa shape index (κ1) is 11.2. The van der Waals surface area contributed by atoms with E-state index in [9.17, 15) is 0 Å². The standard InChI is InChI=1S/C10H14N2OS/c1-7(6-13)12-8(2)10-4-3-9(5-11)14-10/h3-4,7-8,12-13H,6H2,1-2H3/t7-,8?/m0/s1. The molecular formula is C10H14N2OS. The molecule has 0 saturated heterocycles. The normalized spacial score (nSPS) is 14.7. The SMILES string of the molecule is CC(N[C@@H](C)CO)c1ccc(C#N)s1. The molecule has 0 aliphatic heterocycles. The van der Waals surface area contributed by atoms with Crippen LogP contribution in [0, 0.1) is 11.3 Å². The van der Waals surface area contributed by atoms with Crippen LogP contribution in [0.5, 0.6) is 0 Å². The number of rotatable bonds is 4. The van der Waals surface area contributed by atoms with E-state index in [0.29, 0.717) is 0 Å². The monoisotopic (exact) mass is 210 g/mol. The minimum Gasteiger partial charge on any atom is -0.395 e. The van der Waals surface area contributed by atoms with Crippen LogP contribution in [0.25, 0.3) is 0 Å². The van der Waals surface area contributed by atoms with Gasteiger partial charge in [-0.3, -0.25) is 0 Å². The quantitative estimate of drug-likeness (QED) is 0.794. The number of aliphatic hydroxyl groups excluding tert-OH is 1. The molecule has 2 atom stereocenters. The molecule has 1 aromatic rings. The minimum absolute atomic E-state index is 0.0811. The van der Waals surface area contributed by atoms with Crippen LogP contribution in [0.3, 0.4) is 0 Å². The summed E-state index contributed by atoms with van der Waals surface area (Å²) in [6, 6.07) is 6.15. The molecule has 1 heterocycles. The number of thiophene rings is 1. The van der Waals surface area contributed by atoms with Crippen molar-refractivity contribution in [2.75, 3.05) is 6.61 Å². The molecule has 1 aromatic heterocycles. The maximum Gasteiger partial charge on any atom is 0.110 e. The predicted octanol–water partition coefficient (Wildman–Crippen LogP) is 1.65. The molecule has 0 radical (unpaired) electrons. The first-order valence-electron chi connectivity index (χ1n) is 4.54. The van der Waals surface area contributed by atoms with E-state index in [1.807, 2.05) is 26.0 Å². The highest BCUT2D eigenvalue weighted by molar-refractivity contribution is 7.12. The Bertz CT molecular complexity index is 329. The Morgan fingerprint density at radius 1 is 1.57 bits per heavy atom. The summed E-state index contributed by atoms with van der Waals surface area (Å²) >= 11 is 1.49. The van der Waals surface area contributed by atoms with Crippen molar-refractivity contribution in [2.24, 2.45) is 0 Å². The van der Waals surface area contributed by atoms with Gasteiger partial charge in [0.05, 0.1) is 6.61 Å². The molecule has 0 spiro atoms. The van der Waals surface area contributed by atoms with Gasteiger partial charge in [0.1, 0.15) is 10.9 Å². The Labute approximate surface area is 88.0 Å². The van der Waals surface area contributed by atoms with Crippen LogP contribution >= 0.6 is 11.3 Å². The Morgan fingerprint density at radius 3 is 2.79 bits per heavy atom. The maximum absolute atomic E-state index is 8.87. The molecule has 0 bridgehead atoms. The second kappa shape index (κ2) is 5.11. The highest BCUT2D eigenvalue weighted by Crippen LogP contribution is 2.22. The molecular weight excluding hydrogens is 196 g/mol. The third-order valence-corrected chi connectivity index (χ3v) is 3.14. The summed E-state index contributed by atoms with van der Waals surface area (Å²) in [6.45, 7) is 4.08. The Hall–Kier alpha value is -0.890. The van der Waals surface area contributed by atoms with Crippen molar-refractivity contribution >= 4 is 11.3 Å². The van der Waals surface area contributed by atoms with Crippen LogP contribution in [0.2, 0.25) is 0 Å². The molecule has 76 valence electrons. The van der Waals surface area contributed by atoms with Crippen molar-refractivity contribution in [3.63, 3.8) is 0 Å². The van der Waals surface area contributed by atoms with E-state index in [2.05, 4.69) is 11.4 Å². The Morgan fingerprint density at radius 2 is 2.29 bits per heavy atom. The summed E-state index contributed by atoms with van der Waals surface area (Å²) in [5, 5.41) is 20.8. The zero-order valence-electron chi connectivity index (χ0n) is 8.32. The van der Waals surface area contributed by atoms with E-state index in [-0.39, 0.29) is 18.7 Å². The van der Waals surface area contributed by atoms with E-state index in [4.69, 9.17) is 10.4 Å². The summed E-state index contributed by atoms with van der Waals surface area (Å²) in [5.41, 5.74) is 0. The lowest BCUT2D eigenvalue weighted by molar-refractivity contribution is 0.243. The van der Waals surface area contributed by atoms with Gasteiger partial charge in [0, 0.05) is 17.0 Å². The van der Waals surface area contributed by atoms with Gasteiger partial charge in [-0.15, -0.1) is 11.3 Å². The lowest BCUT2D eigenvalue weighted by Crippen LogP contribution is -2.31. The van der Waals surface area contributed by atoms with Crippen LogP contribution in [0.15, 0.2) is 12.1 Å². The third kappa shape index (κ3) is 2.81. The van der Waals surface area contributed by atoms with E-state index < -0.39 is 0 Å². The highest BCUT2D eigenvalue weighted by Gasteiger charge is 2.10. The molecule has 0 aliphatic rings. The number of hydrogen-bond donors (Lipinski definition) is 2. The molecule has 0 fully saturated rings. The van der Waals surface area contributed by atoms with Gasteiger partial charge in [-0.2, -0.15) is 5.26 Å².